The van der Waals surface area contributed by atoms with E-state index >= 15 is 0 Å². The van der Waals surface area contributed by atoms with Crippen molar-refractivity contribution in [3.8, 4) is 11.5 Å². The number of hydrogen-bond donors (Lipinski definition) is 6. The number of nitrogens with one attached hydrogen (secondary N) is 2. The molecule has 1 aliphatic rings. The minimum atomic E-state index is -4.64. The highest BCUT2D eigenvalue weighted by Gasteiger charge is 2.50. The zero-order valence-electron chi connectivity index (χ0n) is 25.3. The zero-order valence-corrected chi connectivity index (χ0v) is 27.1. The van der Waals surface area contributed by atoms with Crippen LogP contribution in [0.4, 0.5) is 0 Å². The SMILES string of the molecule is COC(=O)[C@H](C)NP(=O)(OC[C@@H](O)[C@H]1O[C@H](OP(=O)(N[C@@H](C)C(=O)OC)Oc2ccccc2)[C@@H](O)[C@@H](O)[C@@H]1O)Oc1ccccc1. The van der Waals surface area contributed by atoms with Gasteiger partial charge >= 0.3 is 27.4 Å². The van der Waals surface area contributed by atoms with Gasteiger partial charge in [-0.15, -0.1) is 0 Å². The maximum Gasteiger partial charge on any atom is 0.461 e. The summed E-state index contributed by atoms with van der Waals surface area (Å²) in [5.74, 6) is -1.55. The maximum absolute atomic E-state index is 13.8. The zero-order chi connectivity index (χ0) is 34.1. The second kappa shape index (κ2) is 16.8. The van der Waals surface area contributed by atoms with Crippen LogP contribution in [0.5, 0.6) is 11.5 Å². The lowest BCUT2D eigenvalue weighted by Gasteiger charge is -2.42. The Balaban J connectivity index is 1.81. The molecule has 0 radical (unpaired) electrons. The van der Waals surface area contributed by atoms with Crippen LogP contribution in [0.25, 0.3) is 0 Å². The molecule has 0 amide bonds. The molecule has 19 heteroatoms. The Kier molecular flexibility index (Phi) is 13.7. The lowest BCUT2D eigenvalue weighted by molar-refractivity contribution is -0.291. The number of hydrogen-bond acceptors (Lipinski definition) is 15. The molecule has 6 N–H and O–H groups in total. The third-order valence-electron chi connectivity index (χ3n) is 6.39. The van der Waals surface area contributed by atoms with E-state index in [0.717, 1.165) is 14.2 Å². The van der Waals surface area contributed by atoms with E-state index in [9.17, 15) is 39.1 Å². The van der Waals surface area contributed by atoms with Gasteiger partial charge in [-0.25, -0.2) is 9.13 Å². The van der Waals surface area contributed by atoms with Gasteiger partial charge in [0.2, 0.25) is 0 Å². The number of benzene rings is 2. The van der Waals surface area contributed by atoms with Gasteiger partial charge in [0, 0.05) is 0 Å². The largest absolute Gasteiger partial charge is 0.468 e. The first-order valence-corrected chi connectivity index (χ1v) is 16.9. The molecule has 0 aromatic heterocycles. The second-order valence-electron chi connectivity index (χ2n) is 9.96. The van der Waals surface area contributed by atoms with Crippen molar-refractivity contribution in [1.29, 1.82) is 0 Å². The fourth-order valence-electron chi connectivity index (χ4n) is 4.03. The van der Waals surface area contributed by atoms with Crippen molar-refractivity contribution in [1.82, 2.24) is 10.2 Å². The number of esters is 2. The van der Waals surface area contributed by atoms with Gasteiger partial charge in [0.25, 0.3) is 0 Å². The Morgan fingerprint density at radius 3 is 1.72 bits per heavy atom. The van der Waals surface area contributed by atoms with Gasteiger partial charge < -0.3 is 43.7 Å². The summed E-state index contributed by atoms with van der Waals surface area (Å²) >= 11 is 0. The van der Waals surface area contributed by atoms with Crippen LogP contribution in [0.3, 0.4) is 0 Å². The third kappa shape index (κ3) is 10.3. The van der Waals surface area contributed by atoms with Gasteiger partial charge in [0.1, 0.15) is 54.1 Å². The summed E-state index contributed by atoms with van der Waals surface area (Å²) in [6.07, 6.45) is -11.8. The van der Waals surface area contributed by atoms with Crippen LogP contribution in [0, 0.1) is 0 Å². The van der Waals surface area contributed by atoms with Gasteiger partial charge in [-0.2, -0.15) is 10.2 Å². The molecule has 1 saturated heterocycles. The molecule has 0 saturated carbocycles. The molecule has 0 spiro atoms. The highest BCUT2D eigenvalue weighted by atomic mass is 31.2. The van der Waals surface area contributed by atoms with Crippen LogP contribution in [0.1, 0.15) is 13.8 Å². The van der Waals surface area contributed by atoms with E-state index in [1.807, 2.05) is 0 Å². The van der Waals surface area contributed by atoms with Crippen LogP contribution in [0.15, 0.2) is 60.7 Å². The molecule has 0 bridgehead atoms. The summed E-state index contributed by atoms with van der Waals surface area (Å²) in [4.78, 5) is 24.0. The summed E-state index contributed by atoms with van der Waals surface area (Å²) in [6, 6.07) is 12.9. The van der Waals surface area contributed by atoms with Crippen LogP contribution in [-0.2, 0) is 42.0 Å². The summed E-state index contributed by atoms with van der Waals surface area (Å²) in [6.45, 7) is 1.73. The summed E-state index contributed by atoms with van der Waals surface area (Å²) < 4.78 is 64.0. The smallest absolute Gasteiger partial charge is 0.461 e. The Hall–Kier alpha value is -2.92. The van der Waals surface area contributed by atoms with Crippen molar-refractivity contribution in [3.05, 3.63) is 60.7 Å². The van der Waals surface area contributed by atoms with Crippen molar-refractivity contribution in [2.45, 2.75) is 62.7 Å². The number of ether oxygens (including phenoxy) is 3. The fraction of sp³-hybridized carbons (Fsp3) is 0.481. The van der Waals surface area contributed by atoms with Gasteiger partial charge in [-0.3, -0.25) is 18.6 Å². The molecular formula is C27H38N2O15P2. The number of carbonyl (C=O) groups is 2. The lowest BCUT2D eigenvalue weighted by Crippen LogP contribution is -2.61. The first-order chi connectivity index (χ1) is 21.7. The first-order valence-electron chi connectivity index (χ1n) is 13.8. The predicted octanol–water partition coefficient (Wildman–Crippen LogP) is 0.865. The Bertz CT molecular complexity index is 1370. The van der Waals surface area contributed by atoms with E-state index in [1.165, 1.54) is 38.1 Å². The number of aliphatic hydroxyl groups excluding tert-OH is 4. The van der Waals surface area contributed by atoms with E-state index in [-0.39, 0.29) is 11.5 Å². The second-order valence-corrected chi connectivity index (χ2v) is 13.3. The van der Waals surface area contributed by atoms with Crippen molar-refractivity contribution < 1.29 is 71.5 Å². The van der Waals surface area contributed by atoms with Crippen LogP contribution >= 0.6 is 15.5 Å². The van der Waals surface area contributed by atoms with Gasteiger partial charge in [0.05, 0.1) is 20.8 Å². The molecule has 1 heterocycles. The van der Waals surface area contributed by atoms with Crippen molar-refractivity contribution in [2.75, 3.05) is 20.8 Å². The normalized spacial score (nSPS) is 26.0. The molecule has 10 atom stereocenters. The van der Waals surface area contributed by atoms with E-state index in [0.29, 0.717) is 0 Å². The first kappa shape index (κ1) is 37.5. The molecule has 3 rings (SSSR count). The summed E-state index contributed by atoms with van der Waals surface area (Å²) in [5.41, 5.74) is 0. The third-order valence-corrected chi connectivity index (χ3v) is 9.68. The van der Waals surface area contributed by atoms with Gasteiger partial charge in [0.15, 0.2) is 6.29 Å². The molecule has 2 aromatic carbocycles. The van der Waals surface area contributed by atoms with E-state index in [4.69, 9.17) is 22.8 Å². The summed E-state index contributed by atoms with van der Waals surface area (Å²) in [7, 11) is -6.87. The van der Waals surface area contributed by atoms with Crippen molar-refractivity contribution >= 4 is 27.4 Å². The average Bonchev–Trinajstić information content (AvgIpc) is 3.03. The Morgan fingerprint density at radius 1 is 0.783 bits per heavy atom. The molecule has 1 fully saturated rings. The minimum absolute atomic E-state index is 0.0223. The van der Waals surface area contributed by atoms with Gasteiger partial charge in [-0.05, 0) is 38.1 Å². The molecule has 0 aliphatic carbocycles. The highest BCUT2D eigenvalue weighted by Crippen LogP contribution is 2.48. The van der Waals surface area contributed by atoms with Crippen LogP contribution in [0.2, 0.25) is 0 Å². The number of carbonyl (C=O) groups excluding carboxylic acids is 2. The lowest BCUT2D eigenvalue weighted by atomic mass is 9.96. The van der Waals surface area contributed by atoms with E-state index in [1.54, 1.807) is 36.4 Å². The summed E-state index contributed by atoms with van der Waals surface area (Å²) in [5, 5.41) is 47.5. The predicted molar refractivity (Wildman–Crippen MR) is 158 cm³/mol. The molecule has 2 aromatic rings. The highest BCUT2D eigenvalue weighted by molar-refractivity contribution is 7.52. The molecule has 2 unspecified atom stereocenters. The number of aliphatic hydroxyl groups is 4. The molecule has 17 nitrogen and oxygen atoms in total. The maximum atomic E-state index is 13.8. The monoisotopic (exact) mass is 692 g/mol. The van der Waals surface area contributed by atoms with Gasteiger partial charge in [-0.1, -0.05) is 36.4 Å². The van der Waals surface area contributed by atoms with Crippen molar-refractivity contribution in [2.24, 2.45) is 0 Å². The van der Waals surface area contributed by atoms with Crippen LogP contribution < -0.4 is 19.2 Å². The quantitative estimate of drug-likeness (QED) is 0.106. The van der Waals surface area contributed by atoms with Crippen molar-refractivity contribution in [3.63, 3.8) is 0 Å². The fourth-order valence-corrected chi connectivity index (χ4v) is 7.12. The molecular weight excluding hydrogens is 654 g/mol. The number of rotatable bonds is 16. The Morgan fingerprint density at radius 2 is 1.24 bits per heavy atom. The average molecular weight is 693 g/mol. The number of methoxy groups -OCH3 is 2. The topological polar surface area (TPSA) is 238 Å². The minimum Gasteiger partial charge on any atom is -0.468 e. The number of para-hydroxylation sites is 2. The standard InChI is InChI=1S/C27H38N2O15P2/c1-16(25(34)38-3)28-45(36,42-18-11-7-5-8-12-18)40-15-20(30)24-22(32)21(31)23(33)27(41-24)44-46(37,29-17(2)26(35)39-4)43-19-13-9-6-10-14-19/h5-14,16-17,20-24,27,30-33H,15H2,1-4H3,(H,28,36)(H,29,37)/t16-,17-,20+,21-,22-,23-,24+,27+,45?,46?/m0/s1. The Labute approximate surface area is 264 Å². The molecule has 46 heavy (non-hydrogen) atoms. The molecule has 256 valence electrons. The van der Waals surface area contributed by atoms with E-state index in [2.05, 4.69) is 19.6 Å². The molecule has 1 aliphatic heterocycles. The van der Waals surface area contributed by atoms with Crippen LogP contribution in [-0.4, -0.2) is 102 Å². The van der Waals surface area contributed by atoms with E-state index < -0.39 is 82.9 Å².